The maximum Gasteiger partial charge on any atom is 0.191 e. The van der Waals surface area contributed by atoms with Gasteiger partial charge in [0.05, 0.1) is 12.1 Å². The third kappa shape index (κ3) is 7.10. The molecule has 1 rings (SSSR count). The molecule has 0 unspecified atom stereocenters. The Morgan fingerprint density at radius 1 is 1.20 bits per heavy atom. The second-order valence-electron chi connectivity index (χ2n) is 5.52. The maximum atomic E-state index is 10.0. The van der Waals surface area contributed by atoms with Crippen LogP contribution in [0.15, 0.2) is 4.99 Å². The molecule has 0 aromatic rings. The molecule has 1 fully saturated rings. The van der Waals surface area contributed by atoms with Gasteiger partial charge < -0.3 is 20.5 Å². The van der Waals surface area contributed by atoms with E-state index in [1.54, 1.807) is 0 Å². The Hall–Kier alpha value is -0.810. The first kappa shape index (κ1) is 17.2. The summed E-state index contributed by atoms with van der Waals surface area (Å²) >= 11 is 0. The van der Waals surface area contributed by atoms with Gasteiger partial charge >= 0.3 is 0 Å². The van der Waals surface area contributed by atoms with E-state index < -0.39 is 5.60 Å². The molecule has 0 aromatic carbocycles. The first-order valence-corrected chi connectivity index (χ1v) is 8.02. The lowest BCUT2D eigenvalue weighted by molar-refractivity contribution is -0.0236. The van der Waals surface area contributed by atoms with E-state index >= 15 is 0 Å². The predicted octanol–water partition coefficient (Wildman–Crippen LogP) is 1.66. The van der Waals surface area contributed by atoms with Gasteiger partial charge in [-0.25, -0.2) is 0 Å². The SMILES string of the molecule is CCCCOCCCNC(=NCC1(O)CCC1)NCC. The highest BCUT2D eigenvalue weighted by atomic mass is 16.5. The number of hydrogen-bond donors (Lipinski definition) is 3. The number of ether oxygens (including phenoxy) is 1. The first-order chi connectivity index (χ1) is 9.70. The summed E-state index contributed by atoms with van der Waals surface area (Å²) in [7, 11) is 0. The van der Waals surface area contributed by atoms with Crippen molar-refractivity contribution in [2.45, 2.75) is 58.0 Å². The summed E-state index contributed by atoms with van der Waals surface area (Å²) in [5.41, 5.74) is -0.550. The van der Waals surface area contributed by atoms with Crippen molar-refractivity contribution in [1.82, 2.24) is 10.6 Å². The van der Waals surface area contributed by atoms with Crippen LogP contribution in [0, 0.1) is 0 Å². The zero-order valence-electron chi connectivity index (χ0n) is 13.1. The van der Waals surface area contributed by atoms with Crippen LogP contribution in [0.5, 0.6) is 0 Å². The average Bonchev–Trinajstić information content (AvgIpc) is 2.41. The Labute approximate surface area is 123 Å². The number of aliphatic imine (C=N–C) groups is 1. The third-order valence-electron chi connectivity index (χ3n) is 3.56. The highest BCUT2D eigenvalue weighted by molar-refractivity contribution is 5.79. The van der Waals surface area contributed by atoms with E-state index in [1.807, 2.05) is 6.92 Å². The van der Waals surface area contributed by atoms with E-state index in [0.717, 1.165) is 64.4 Å². The van der Waals surface area contributed by atoms with Crippen LogP contribution in [-0.2, 0) is 4.74 Å². The van der Waals surface area contributed by atoms with Gasteiger partial charge in [-0.05, 0) is 39.0 Å². The van der Waals surface area contributed by atoms with Crippen molar-refractivity contribution in [3.63, 3.8) is 0 Å². The van der Waals surface area contributed by atoms with Crippen molar-refractivity contribution in [2.75, 3.05) is 32.8 Å². The fraction of sp³-hybridized carbons (Fsp3) is 0.933. The number of nitrogens with zero attached hydrogens (tertiary/aromatic N) is 1. The van der Waals surface area contributed by atoms with Gasteiger partial charge in [0, 0.05) is 26.3 Å². The summed E-state index contributed by atoms with van der Waals surface area (Å²) in [5.74, 6) is 0.793. The van der Waals surface area contributed by atoms with Gasteiger partial charge in [-0.15, -0.1) is 0 Å². The molecule has 0 atom stereocenters. The molecule has 0 aliphatic heterocycles. The molecule has 0 aromatic heterocycles. The maximum absolute atomic E-state index is 10.0. The monoisotopic (exact) mass is 285 g/mol. The molecule has 1 aliphatic rings. The minimum Gasteiger partial charge on any atom is -0.388 e. The van der Waals surface area contributed by atoms with E-state index in [2.05, 4.69) is 22.5 Å². The Kier molecular flexibility index (Phi) is 8.62. The number of guanidine groups is 1. The largest absolute Gasteiger partial charge is 0.388 e. The Bertz CT molecular complexity index is 278. The first-order valence-electron chi connectivity index (χ1n) is 8.02. The van der Waals surface area contributed by atoms with E-state index in [1.165, 1.54) is 6.42 Å². The van der Waals surface area contributed by atoms with E-state index in [0.29, 0.717) is 6.54 Å². The molecule has 20 heavy (non-hydrogen) atoms. The molecular formula is C15H31N3O2. The zero-order chi connectivity index (χ0) is 14.7. The van der Waals surface area contributed by atoms with Crippen LogP contribution in [0.25, 0.3) is 0 Å². The van der Waals surface area contributed by atoms with Crippen molar-refractivity contribution in [3.8, 4) is 0 Å². The molecule has 1 aliphatic carbocycles. The predicted molar refractivity (Wildman–Crippen MR) is 83.1 cm³/mol. The van der Waals surface area contributed by atoms with Gasteiger partial charge in [0.2, 0.25) is 0 Å². The minimum absolute atomic E-state index is 0.495. The summed E-state index contributed by atoms with van der Waals surface area (Å²) in [4.78, 5) is 4.46. The van der Waals surface area contributed by atoms with Crippen molar-refractivity contribution in [3.05, 3.63) is 0 Å². The summed E-state index contributed by atoms with van der Waals surface area (Å²) in [6.45, 7) is 8.03. The molecule has 0 amide bonds. The van der Waals surface area contributed by atoms with Crippen LogP contribution in [0.1, 0.15) is 52.4 Å². The summed E-state index contributed by atoms with van der Waals surface area (Å²) in [6.07, 6.45) is 6.15. The number of unbranched alkanes of at least 4 members (excludes halogenated alkanes) is 1. The fourth-order valence-electron chi connectivity index (χ4n) is 2.04. The molecule has 1 saturated carbocycles. The summed E-state index contributed by atoms with van der Waals surface area (Å²) in [6, 6.07) is 0. The van der Waals surface area contributed by atoms with E-state index in [4.69, 9.17) is 4.74 Å². The number of aliphatic hydroxyl groups is 1. The Balaban J connectivity index is 2.13. The molecule has 0 spiro atoms. The van der Waals surface area contributed by atoms with Gasteiger partial charge in [-0.2, -0.15) is 0 Å². The highest BCUT2D eigenvalue weighted by Crippen LogP contribution is 2.31. The average molecular weight is 285 g/mol. The van der Waals surface area contributed by atoms with Gasteiger partial charge in [-0.1, -0.05) is 13.3 Å². The van der Waals surface area contributed by atoms with Crippen LogP contribution in [0.3, 0.4) is 0 Å². The molecule has 0 bridgehead atoms. The van der Waals surface area contributed by atoms with Crippen LogP contribution in [0.4, 0.5) is 0 Å². The lowest BCUT2D eigenvalue weighted by atomic mass is 9.80. The molecular weight excluding hydrogens is 254 g/mol. The highest BCUT2D eigenvalue weighted by Gasteiger charge is 2.34. The quantitative estimate of drug-likeness (QED) is 0.324. The topological polar surface area (TPSA) is 65.9 Å². The fourth-order valence-corrected chi connectivity index (χ4v) is 2.04. The molecule has 118 valence electrons. The van der Waals surface area contributed by atoms with Crippen LogP contribution in [-0.4, -0.2) is 49.5 Å². The number of rotatable bonds is 10. The summed E-state index contributed by atoms with van der Waals surface area (Å²) in [5, 5.41) is 16.5. The van der Waals surface area contributed by atoms with Gasteiger partial charge in [0.25, 0.3) is 0 Å². The van der Waals surface area contributed by atoms with Gasteiger partial charge in [0.15, 0.2) is 5.96 Å². The lowest BCUT2D eigenvalue weighted by Crippen LogP contribution is -2.43. The van der Waals surface area contributed by atoms with Crippen LogP contribution < -0.4 is 10.6 Å². The van der Waals surface area contributed by atoms with Crippen molar-refractivity contribution in [2.24, 2.45) is 4.99 Å². The molecule has 3 N–H and O–H groups in total. The zero-order valence-corrected chi connectivity index (χ0v) is 13.1. The van der Waals surface area contributed by atoms with E-state index in [9.17, 15) is 5.11 Å². The molecule has 0 radical (unpaired) electrons. The Morgan fingerprint density at radius 3 is 2.55 bits per heavy atom. The molecule has 5 heteroatoms. The smallest absolute Gasteiger partial charge is 0.191 e. The van der Waals surface area contributed by atoms with Gasteiger partial charge in [-0.3, -0.25) is 4.99 Å². The molecule has 0 heterocycles. The summed E-state index contributed by atoms with van der Waals surface area (Å²) < 4.78 is 5.52. The Morgan fingerprint density at radius 2 is 1.95 bits per heavy atom. The van der Waals surface area contributed by atoms with Gasteiger partial charge in [0.1, 0.15) is 0 Å². The standard InChI is InChI=1S/C15H31N3O2/c1-3-5-11-20-12-7-10-17-14(16-4-2)18-13-15(19)8-6-9-15/h19H,3-13H2,1-2H3,(H2,16,17,18). The second kappa shape index (κ2) is 10.00. The van der Waals surface area contributed by atoms with Crippen molar-refractivity contribution in [1.29, 1.82) is 0 Å². The lowest BCUT2D eigenvalue weighted by Gasteiger charge is -2.35. The van der Waals surface area contributed by atoms with Crippen LogP contribution in [0.2, 0.25) is 0 Å². The second-order valence-corrected chi connectivity index (χ2v) is 5.52. The van der Waals surface area contributed by atoms with E-state index in [-0.39, 0.29) is 0 Å². The van der Waals surface area contributed by atoms with Crippen molar-refractivity contribution >= 4 is 5.96 Å². The molecule has 0 saturated heterocycles. The normalized spacial score (nSPS) is 17.6. The third-order valence-corrected chi connectivity index (χ3v) is 3.56. The number of nitrogens with one attached hydrogen (secondary N) is 2. The molecule has 5 nitrogen and oxygen atoms in total. The van der Waals surface area contributed by atoms with Crippen LogP contribution >= 0.6 is 0 Å². The number of hydrogen-bond acceptors (Lipinski definition) is 3. The van der Waals surface area contributed by atoms with Crippen molar-refractivity contribution < 1.29 is 9.84 Å². The minimum atomic E-state index is -0.550.